The number of piperidine rings is 1. The average Bonchev–Trinajstić information content (AvgIpc) is 3.15. The molecular weight excluding hydrogens is 224 g/mol. The molecule has 0 spiro atoms. The third-order valence-electron chi connectivity index (χ3n) is 4.11. The molecular formula is C15H22N2O. The SMILES string of the molecule is O=C(c1ccn(CCN2CCCCC2)c1)C1CC1. The molecule has 0 atom stereocenters. The van der Waals surface area contributed by atoms with Crippen molar-refractivity contribution in [2.24, 2.45) is 5.92 Å². The van der Waals surface area contributed by atoms with E-state index in [0.29, 0.717) is 11.7 Å². The van der Waals surface area contributed by atoms with Crippen LogP contribution in [-0.2, 0) is 6.54 Å². The van der Waals surface area contributed by atoms with E-state index in [1.165, 1.54) is 32.4 Å². The van der Waals surface area contributed by atoms with Crippen LogP contribution in [0.3, 0.4) is 0 Å². The minimum atomic E-state index is 0.336. The quantitative estimate of drug-likeness (QED) is 0.746. The number of rotatable bonds is 5. The molecule has 0 N–H and O–H groups in total. The molecule has 0 amide bonds. The van der Waals surface area contributed by atoms with Gasteiger partial charge >= 0.3 is 0 Å². The van der Waals surface area contributed by atoms with Gasteiger partial charge in [0, 0.05) is 37.0 Å². The van der Waals surface area contributed by atoms with Gasteiger partial charge in [-0.2, -0.15) is 0 Å². The van der Waals surface area contributed by atoms with Gasteiger partial charge in [-0.1, -0.05) is 6.42 Å². The Labute approximate surface area is 109 Å². The zero-order valence-electron chi connectivity index (χ0n) is 11.0. The maximum Gasteiger partial charge on any atom is 0.167 e. The van der Waals surface area contributed by atoms with Gasteiger partial charge in [-0.05, 0) is 44.8 Å². The van der Waals surface area contributed by atoms with Crippen LogP contribution in [0.2, 0.25) is 0 Å². The Morgan fingerprint density at radius 2 is 1.94 bits per heavy atom. The minimum absolute atomic E-state index is 0.336. The molecule has 1 aromatic rings. The van der Waals surface area contributed by atoms with Gasteiger partial charge in [0.1, 0.15) is 0 Å². The van der Waals surface area contributed by atoms with Gasteiger partial charge in [0.15, 0.2) is 5.78 Å². The smallest absolute Gasteiger partial charge is 0.167 e. The largest absolute Gasteiger partial charge is 0.352 e. The fraction of sp³-hybridized carbons (Fsp3) is 0.667. The first-order chi connectivity index (χ1) is 8.83. The molecule has 2 fully saturated rings. The molecule has 2 aliphatic rings. The number of ketones is 1. The van der Waals surface area contributed by atoms with Crippen molar-refractivity contribution in [3.05, 3.63) is 24.0 Å². The third kappa shape index (κ3) is 2.83. The predicted molar refractivity (Wildman–Crippen MR) is 71.8 cm³/mol. The van der Waals surface area contributed by atoms with Gasteiger partial charge in [-0.15, -0.1) is 0 Å². The van der Waals surface area contributed by atoms with E-state index in [4.69, 9.17) is 0 Å². The van der Waals surface area contributed by atoms with Crippen LogP contribution in [0.4, 0.5) is 0 Å². The molecule has 1 saturated heterocycles. The van der Waals surface area contributed by atoms with E-state index in [1.807, 2.05) is 12.3 Å². The lowest BCUT2D eigenvalue weighted by Gasteiger charge is -2.26. The topological polar surface area (TPSA) is 25.2 Å². The molecule has 0 bridgehead atoms. The van der Waals surface area contributed by atoms with Crippen molar-refractivity contribution in [1.82, 2.24) is 9.47 Å². The summed E-state index contributed by atoms with van der Waals surface area (Å²) in [5, 5.41) is 0. The van der Waals surface area contributed by atoms with Gasteiger partial charge in [-0.3, -0.25) is 4.79 Å². The van der Waals surface area contributed by atoms with Gasteiger partial charge in [-0.25, -0.2) is 0 Å². The fourth-order valence-electron chi connectivity index (χ4n) is 2.75. The Hall–Kier alpha value is -1.09. The summed E-state index contributed by atoms with van der Waals surface area (Å²) in [6.07, 6.45) is 10.4. The first kappa shape index (κ1) is 12.0. The second-order valence-electron chi connectivity index (χ2n) is 5.68. The second-order valence-corrected chi connectivity index (χ2v) is 5.68. The Morgan fingerprint density at radius 1 is 1.17 bits per heavy atom. The average molecular weight is 246 g/mol. The van der Waals surface area contributed by atoms with E-state index in [0.717, 1.165) is 31.5 Å². The third-order valence-corrected chi connectivity index (χ3v) is 4.11. The summed E-state index contributed by atoms with van der Waals surface area (Å²) in [7, 11) is 0. The fourth-order valence-corrected chi connectivity index (χ4v) is 2.75. The first-order valence-electron chi connectivity index (χ1n) is 7.25. The number of aromatic nitrogens is 1. The monoisotopic (exact) mass is 246 g/mol. The minimum Gasteiger partial charge on any atom is -0.352 e. The summed E-state index contributed by atoms with van der Waals surface area (Å²) >= 11 is 0. The summed E-state index contributed by atoms with van der Waals surface area (Å²) < 4.78 is 2.17. The van der Waals surface area contributed by atoms with Gasteiger partial charge in [0.2, 0.25) is 0 Å². The molecule has 1 aromatic heterocycles. The van der Waals surface area contributed by atoms with E-state index in [1.54, 1.807) is 0 Å². The number of nitrogens with zero attached hydrogens (tertiary/aromatic N) is 2. The molecule has 0 aromatic carbocycles. The van der Waals surface area contributed by atoms with Crippen LogP contribution in [0.15, 0.2) is 18.5 Å². The van der Waals surface area contributed by atoms with Crippen LogP contribution >= 0.6 is 0 Å². The maximum atomic E-state index is 11.9. The number of carbonyl (C=O) groups is 1. The summed E-state index contributed by atoms with van der Waals surface area (Å²) in [4.78, 5) is 14.4. The highest BCUT2D eigenvalue weighted by Gasteiger charge is 2.30. The van der Waals surface area contributed by atoms with E-state index >= 15 is 0 Å². The number of Topliss-reactive ketones (excluding diaryl/α,β-unsaturated/α-hetero) is 1. The Bertz CT molecular complexity index is 414. The zero-order valence-corrected chi connectivity index (χ0v) is 11.0. The summed E-state index contributed by atoms with van der Waals surface area (Å²) in [5.74, 6) is 0.690. The van der Waals surface area contributed by atoms with E-state index in [2.05, 4.69) is 15.7 Å². The van der Waals surface area contributed by atoms with Gasteiger partial charge < -0.3 is 9.47 Å². The molecule has 1 aliphatic heterocycles. The lowest BCUT2D eigenvalue weighted by Crippen LogP contribution is -2.32. The standard InChI is InChI=1S/C15H22N2O/c18-15(13-4-5-13)14-6-9-17(12-14)11-10-16-7-2-1-3-8-16/h6,9,12-13H,1-5,7-8,10-11H2. The van der Waals surface area contributed by atoms with Crippen molar-refractivity contribution in [3.63, 3.8) is 0 Å². The highest BCUT2D eigenvalue weighted by molar-refractivity contribution is 5.99. The zero-order chi connectivity index (χ0) is 12.4. The molecule has 3 heteroatoms. The second kappa shape index (κ2) is 5.27. The Balaban J connectivity index is 1.51. The molecule has 2 heterocycles. The highest BCUT2D eigenvalue weighted by atomic mass is 16.1. The molecule has 0 radical (unpaired) electrons. The van der Waals surface area contributed by atoms with Crippen LogP contribution in [-0.4, -0.2) is 34.9 Å². The van der Waals surface area contributed by atoms with E-state index in [-0.39, 0.29) is 0 Å². The summed E-state index contributed by atoms with van der Waals surface area (Å²) in [6.45, 7) is 4.62. The van der Waals surface area contributed by atoms with Gasteiger partial charge in [0.25, 0.3) is 0 Å². The predicted octanol–water partition coefficient (Wildman–Crippen LogP) is 2.57. The number of likely N-dealkylation sites (tertiary alicyclic amines) is 1. The lowest BCUT2D eigenvalue weighted by molar-refractivity contribution is 0.0967. The van der Waals surface area contributed by atoms with Crippen molar-refractivity contribution in [3.8, 4) is 0 Å². The number of carbonyl (C=O) groups excluding carboxylic acids is 1. The first-order valence-corrected chi connectivity index (χ1v) is 7.25. The van der Waals surface area contributed by atoms with Gasteiger partial charge in [0.05, 0.1) is 0 Å². The van der Waals surface area contributed by atoms with Crippen LogP contribution in [0.5, 0.6) is 0 Å². The van der Waals surface area contributed by atoms with Crippen LogP contribution < -0.4 is 0 Å². The molecule has 1 aliphatic carbocycles. The highest BCUT2D eigenvalue weighted by Crippen LogP contribution is 2.32. The molecule has 18 heavy (non-hydrogen) atoms. The van der Waals surface area contributed by atoms with Crippen molar-refractivity contribution in [2.75, 3.05) is 19.6 Å². The normalized spacial score (nSPS) is 21.1. The van der Waals surface area contributed by atoms with E-state index < -0.39 is 0 Å². The van der Waals surface area contributed by atoms with E-state index in [9.17, 15) is 4.79 Å². The summed E-state index contributed by atoms with van der Waals surface area (Å²) in [5.41, 5.74) is 0.913. The summed E-state index contributed by atoms with van der Waals surface area (Å²) in [6, 6.07) is 1.98. The Kier molecular flexibility index (Phi) is 3.50. The number of hydrogen-bond acceptors (Lipinski definition) is 2. The molecule has 0 unspecified atom stereocenters. The van der Waals surface area contributed by atoms with Crippen molar-refractivity contribution >= 4 is 5.78 Å². The van der Waals surface area contributed by atoms with Crippen molar-refractivity contribution < 1.29 is 4.79 Å². The Morgan fingerprint density at radius 3 is 2.67 bits per heavy atom. The maximum absolute atomic E-state index is 11.9. The van der Waals surface area contributed by atoms with Crippen LogP contribution in [0.1, 0.15) is 42.5 Å². The van der Waals surface area contributed by atoms with Crippen molar-refractivity contribution in [2.45, 2.75) is 38.6 Å². The molecule has 3 rings (SSSR count). The van der Waals surface area contributed by atoms with Crippen molar-refractivity contribution in [1.29, 1.82) is 0 Å². The lowest BCUT2D eigenvalue weighted by atomic mass is 10.1. The van der Waals surface area contributed by atoms with Crippen LogP contribution in [0.25, 0.3) is 0 Å². The van der Waals surface area contributed by atoms with Crippen LogP contribution in [0, 0.1) is 5.92 Å². The molecule has 1 saturated carbocycles. The number of hydrogen-bond donors (Lipinski definition) is 0. The molecule has 98 valence electrons. The molecule has 3 nitrogen and oxygen atoms in total.